The van der Waals surface area contributed by atoms with Crippen molar-refractivity contribution in [3.63, 3.8) is 0 Å². The predicted octanol–water partition coefficient (Wildman–Crippen LogP) is 5.54. The topological polar surface area (TPSA) is 21.6 Å². The Kier molecular flexibility index (Phi) is 5.22. The molecular formula is C20H15BrNO. The fourth-order valence-corrected chi connectivity index (χ4v) is 2.58. The largest absolute Gasteiger partial charge is 0.390 e. The molecule has 0 fully saturated rings. The molecule has 2 nitrogen and oxygen atoms in total. The highest BCUT2D eigenvalue weighted by Crippen LogP contribution is 2.20. The third-order valence-electron chi connectivity index (χ3n) is 3.37. The van der Waals surface area contributed by atoms with E-state index in [9.17, 15) is 0 Å². The van der Waals surface area contributed by atoms with Gasteiger partial charge in [-0.15, -0.1) is 0 Å². The summed E-state index contributed by atoms with van der Waals surface area (Å²) in [4.78, 5) is 5.36. The van der Waals surface area contributed by atoms with Gasteiger partial charge in [0.15, 0.2) is 0 Å². The van der Waals surface area contributed by atoms with Crippen molar-refractivity contribution in [2.75, 3.05) is 0 Å². The maximum absolute atomic E-state index is 5.36. The normalized spacial score (nSPS) is 10.8. The molecule has 3 aromatic rings. The lowest BCUT2D eigenvalue weighted by molar-refractivity contribution is 0.132. The number of hydrogen-bond acceptors (Lipinski definition) is 2. The second-order valence-electron chi connectivity index (χ2n) is 5.02. The molecule has 0 spiro atoms. The van der Waals surface area contributed by atoms with Gasteiger partial charge in [0.2, 0.25) is 0 Å². The smallest absolute Gasteiger partial charge is 0.142 e. The van der Waals surface area contributed by atoms with Gasteiger partial charge in [0.1, 0.15) is 12.8 Å². The van der Waals surface area contributed by atoms with Gasteiger partial charge in [-0.2, -0.15) is 0 Å². The first-order valence-electron chi connectivity index (χ1n) is 7.30. The Balaban J connectivity index is 1.64. The molecule has 0 unspecified atom stereocenters. The van der Waals surface area contributed by atoms with Crippen LogP contribution in [-0.2, 0) is 11.4 Å². The van der Waals surface area contributed by atoms with Crippen molar-refractivity contribution in [2.24, 2.45) is 5.16 Å². The summed E-state index contributed by atoms with van der Waals surface area (Å²) < 4.78 is 0.943. The Labute approximate surface area is 144 Å². The summed E-state index contributed by atoms with van der Waals surface area (Å²) >= 11 is 3.45. The minimum atomic E-state index is 0.415. The Bertz CT molecular complexity index is 800. The average molecular weight is 365 g/mol. The number of hydrogen-bond donors (Lipinski definition) is 0. The summed E-state index contributed by atoms with van der Waals surface area (Å²) in [5, 5.41) is 3.92. The predicted molar refractivity (Wildman–Crippen MR) is 97.3 cm³/mol. The third kappa shape index (κ3) is 4.30. The van der Waals surface area contributed by atoms with Gasteiger partial charge in [-0.05, 0) is 28.8 Å². The first-order valence-corrected chi connectivity index (χ1v) is 8.09. The molecule has 0 bridgehead atoms. The molecule has 0 aromatic heterocycles. The highest BCUT2D eigenvalue weighted by molar-refractivity contribution is 9.10. The van der Waals surface area contributed by atoms with Gasteiger partial charge in [-0.1, -0.05) is 87.8 Å². The molecule has 0 saturated heterocycles. The monoisotopic (exact) mass is 364 g/mol. The van der Waals surface area contributed by atoms with Crippen molar-refractivity contribution < 1.29 is 4.84 Å². The maximum Gasteiger partial charge on any atom is 0.142 e. The Morgan fingerprint density at radius 1 is 0.826 bits per heavy atom. The van der Waals surface area contributed by atoms with E-state index in [0.29, 0.717) is 6.61 Å². The van der Waals surface area contributed by atoms with Gasteiger partial charge in [-0.25, -0.2) is 0 Å². The van der Waals surface area contributed by atoms with E-state index in [1.165, 1.54) is 11.1 Å². The van der Waals surface area contributed by atoms with Crippen LogP contribution in [0.4, 0.5) is 0 Å². The second-order valence-corrected chi connectivity index (χ2v) is 5.88. The fourth-order valence-electron chi connectivity index (χ4n) is 2.21. The van der Waals surface area contributed by atoms with Crippen LogP contribution in [0, 0.1) is 0 Å². The molecular weight excluding hydrogens is 350 g/mol. The van der Waals surface area contributed by atoms with Gasteiger partial charge in [0, 0.05) is 10.0 Å². The van der Waals surface area contributed by atoms with E-state index in [-0.39, 0.29) is 0 Å². The molecule has 0 atom stereocenters. The Hall–Kier alpha value is -2.39. The van der Waals surface area contributed by atoms with Crippen molar-refractivity contribution >= 4 is 22.1 Å². The zero-order valence-corrected chi connectivity index (χ0v) is 14.0. The minimum absolute atomic E-state index is 0.415. The molecule has 113 valence electrons. The molecule has 0 aliphatic rings. The molecule has 0 saturated carbocycles. The van der Waals surface area contributed by atoms with Crippen LogP contribution in [0.25, 0.3) is 11.1 Å². The van der Waals surface area contributed by atoms with Crippen LogP contribution in [0.3, 0.4) is 0 Å². The van der Waals surface area contributed by atoms with Crippen LogP contribution < -0.4 is 0 Å². The molecule has 0 amide bonds. The van der Waals surface area contributed by atoms with Gasteiger partial charge in [0.05, 0.1) is 0 Å². The van der Waals surface area contributed by atoms with E-state index in [1.54, 1.807) is 0 Å². The fraction of sp³-hybridized carbons (Fsp3) is 0.0500. The Morgan fingerprint density at radius 2 is 1.57 bits per heavy atom. The molecule has 1 radical (unpaired) electrons. The average Bonchev–Trinajstić information content (AvgIpc) is 2.61. The van der Waals surface area contributed by atoms with Gasteiger partial charge in [-0.3, -0.25) is 0 Å². The minimum Gasteiger partial charge on any atom is -0.390 e. The zero-order chi connectivity index (χ0) is 15.9. The van der Waals surface area contributed by atoms with Crippen LogP contribution >= 0.6 is 15.9 Å². The van der Waals surface area contributed by atoms with Crippen LogP contribution in [0.1, 0.15) is 11.1 Å². The first-order chi connectivity index (χ1) is 11.3. The van der Waals surface area contributed by atoms with E-state index in [1.807, 2.05) is 54.6 Å². The highest BCUT2D eigenvalue weighted by Gasteiger charge is 1.99. The summed E-state index contributed by atoms with van der Waals surface area (Å²) in [6.45, 7) is 0.415. The van der Waals surface area contributed by atoms with Crippen LogP contribution in [0.5, 0.6) is 0 Å². The lowest BCUT2D eigenvalue weighted by Crippen LogP contribution is -1.90. The molecule has 3 aromatic carbocycles. The van der Waals surface area contributed by atoms with Gasteiger partial charge < -0.3 is 4.84 Å². The molecule has 0 N–H and O–H groups in total. The number of halogens is 1. The SMILES string of the molecule is Brc1ccccc1/[C]=N\OCc1cccc(-c2ccccc2)c1. The quantitative estimate of drug-likeness (QED) is 0.430. The number of benzene rings is 3. The number of rotatable bonds is 5. The standard InChI is InChI=1S/C20H15BrNO/c21-20-12-5-4-10-19(20)14-22-23-15-16-7-6-11-18(13-16)17-8-2-1-3-9-17/h1-13H,15H2. The van der Waals surface area contributed by atoms with Crippen LogP contribution in [0.15, 0.2) is 88.5 Å². The summed E-state index contributed by atoms with van der Waals surface area (Å²) in [6, 6.07) is 26.3. The van der Waals surface area contributed by atoms with E-state index in [4.69, 9.17) is 4.84 Å². The Morgan fingerprint density at radius 3 is 2.39 bits per heavy atom. The lowest BCUT2D eigenvalue weighted by atomic mass is 10.0. The van der Waals surface area contributed by atoms with Gasteiger partial charge in [0.25, 0.3) is 0 Å². The summed E-state index contributed by atoms with van der Waals surface area (Å²) in [7, 11) is 0. The molecule has 0 aliphatic carbocycles. The molecule has 23 heavy (non-hydrogen) atoms. The van der Waals surface area contributed by atoms with E-state index in [0.717, 1.165) is 15.6 Å². The van der Waals surface area contributed by atoms with E-state index in [2.05, 4.69) is 51.6 Å². The second kappa shape index (κ2) is 7.75. The zero-order valence-electron chi connectivity index (χ0n) is 12.4. The first kappa shape index (κ1) is 15.5. The summed E-state index contributed by atoms with van der Waals surface area (Å²) in [5.41, 5.74) is 4.30. The van der Waals surface area contributed by atoms with E-state index >= 15 is 0 Å². The molecule has 0 aliphatic heterocycles. The van der Waals surface area contributed by atoms with Crippen LogP contribution in [-0.4, -0.2) is 6.21 Å². The maximum atomic E-state index is 5.36. The van der Waals surface area contributed by atoms with Crippen molar-refractivity contribution in [3.05, 3.63) is 94.5 Å². The van der Waals surface area contributed by atoms with Crippen molar-refractivity contribution in [3.8, 4) is 11.1 Å². The van der Waals surface area contributed by atoms with Crippen molar-refractivity contribution in [2.45, 2.75) is 6.61 Å². The van der Waals surface area contributed by atoms with Gasteiger partial charge >= 0.3 is 0 Å². The molecule has 3 rings (SSSR count). The lowest BCUT2D eigenvalue weighted by Gasteiger charge is -2.05. The number of nitrogens with zero attached hydrogens (tertiary/aromatic N) is 1. The summed E-state index contributed by atoms with van der Waals surface area (Å²) in [6.07, 6.45) is 2.89. The van der Waals surface area contributed by atoms with Crippen LogP contribution in [0.2, 0.25) is 0 Å². The molecule has 3 heteroatoms. The van der Waals surface area contributed by atoms with Crippen molar-refractivity contribution in [1.29, 1.82) is 0 Å². The molecule has 0 heterocycles. The summed E-state index contributed by atoms with van der Waals surface area (Å²) in [5.74, 6) is 0. The third-order valence-corrected chi connectivity index (χ3v) is 4.06. The van der Waals surface area contributed by atoms with Crippen molar-refractivity contribution in [1.82, 2.24) is 0 Å². The highest BCUT2D eigenvalue weighted by atomic mass is 79.9. The van der Waals surface area contributed by atoms with E-state index < -0.39 is 0 Å².